The van der Waals surface area contributed by atoms with Crippen molar-refractivity contribution in [3.8, 4) is 6.07 Å². The molecule has 0 aromatic heterocycles. The van der Waals surface area contributed by atoms with Crippen LogP contribution in [-0.4, -0.2) is 35.8 Å². The topological polar surface area (TPSA) is 74.6 Å². The lowest BCUT2D eigenvalue weighted by atomic mass is 9.99. The van der Waals surface area contributed by atoms with E-state index in [0.29, 0.717) is 31.5 Å². The van der Waals surface area contributed by atoms with Crippen molar-refractivity contribution in [3.63, 3.8) is 0 Å². The number of nitriles is 1. The molecule has 1 fully saturated rings. The van der Waals surface area contributed by atoms with E-state index in [1.807, 2.05) is 81.4 Å². The molecule has 34 heavy (non-hydrogen) atoms. The fraction of sp³-hybridized carbons (Fsp3) is 0.357. The smallest absolute Gasteiger partial charge is 0.410 e. The standard InChI is InChI=1S/C28H31N3O3/c1-28(2,3)34-27(32)31-15-13-23(14-16-31)33-26(30-22-10-5-4-6-11-22)25-18-20(19-29)17-21-9-7-8-12-24(21)25/h4-12,17-18,23,26,30H,13-16H2,1-3H3. The summed E-state index contributed by atoms with van der Waals surface area (Å²) in [5, 5.41) is 15.2. The first-order chi connectivity index (χ1) is 16.3. The largest absolute Gasteiger partial charge is 0.444 e. The molecule has 3 aromatic carbocycles. The van der Waals surface area contributed by atoms with Crippen LogP contribution < -0.4 is 5.32 Å². The summed E-state index contributed by atoms with van der Waals surface area (Å²) >= 11 is 0. The average molecular weight is 458 g/mol. The summed E-state index contributed by atoms with van der Waals surface area (Å²) in [5.74, 6) is 0. The Morgan fingerprint density at radius 1 is 1.06 bits per heavy atom. The number of para-hydroxylation sites is 1. The fourth-order valence-electron chi connectivity index (χ4n) is 4.19. The molecule has 3 aromatic rings. The van der Waals surface area contributed by atoms with Gasteiger partial charge in [0.2, 0.25) is 0 Å². The zero-order valence-electron chi connectivity index (χ0n) is 20.0. The predicted molar refractivity (Wildman–Crippen MR) is 133 cm³/mol. The molecule has 0 aliphatic carbocycles. The number of nitrogens with zero attached hydrogens (tertiary/aromatic N) is 2. The Morgan fingerprint density at radius 3 is 2.41 bits per heavy atom. The van der Waals surface area contributed by atoms with Gasteiger partial charge >= 0.3 is 6.09 Å². The van der Waals surface area contributed by atoms with Crippen molar-refractivity contribution in [1.29, 1.82) is 5.26 Å². The number of benzene rings is 3. The molecule has 1 atom stereocenters. The quantitative estimate of drug-likeness (QED) is 0.459. The molecular formula is C28H31N3O3. The number of hydrogen-bond donors (Lipinski definition) is 1. The van der Waals surface area contributed by atoms with Crippen LogP contribution in [0.3, 0.4) is 0 Å². The van der Waals surface area contributed by atoms with Crippen LogP contribution in [0.4, 0.5) is 10.5 Å². The van der Waals surface area contributed by atoms with Crippen molar-refractivity contribution in [2.75, 3.05) is 18.4 Å². The van der Waals surface area contributed by atoms with Crippen LogP contribution in [0.2, 0.25) is 0 Å². The molecule has 1 heterocycles. The fourth-order valence-corrected chi connectivity index (χ4v) is 4.19. The second kappa shape index (κ2) is 10.1. The maximum absolute atomic E-state index is 12.4. The van der Waals surface area contributed by atoms with Gasteiger partial charge in [0.1, 0.15) is 5.60 Å². The van der Waals surface area contributed by atoms with E-state index in [9.17, 15) is 10.1 Å². The highest BCUT2D eigenvalue weighted by Crippen LogP contribution is 2.32. The number of anilines is 1. The van der Waals surface area contributed by atoms with Crippen LogP contribution in [0, 0.1) is 11.3 Å². The zero-order chi connectivity index (χ0) is 24.1. The van der Waals surface area contributed by atoms with E-state index in [-0.39, 0.29) is 12.2 Å². The summed E-state index contributed by atoms with van der Waals surface area (Å²) in [7, 11) is 0. The first kappa shape index (κ1) is 23.6. The lowest BCUT2D eigenvalue weighted by molar-refractivity contribution is -0.0373. The minimum Gasteiger partial charge on any atom is -0.444 e. The molecule has 0 saturated carbocycles. The van der Waals surface area contributed by atoms with Gasteiger partial charge in [0, 0.05) is 24.3 Å². The monoisotopic (exact) mass is 457 g/mol. The molecule has 4 rings (SSSR count). The number of nitrogens with one attached hydrogen (secondary N) is 1. The van der Waals surface area contributed by atoms with E-state index in [1.165, 1.54) is 0 Å². The lowest BCUT2D eigenvalue weighted by Gasteiger charge is -2.35. The highest BCUT2D eigenvalue weighted by molar-refractivity contribution is 5.87. The van der Waals surface area contributed by atoms with Crippen molar-refractivity contribution in [3.05, 3.63) is 77.9 Å². The van der Waals surface area contributed by atoms with Gasteiger partial charge in [-0.1, -0.05) is 42.5 Å². The van der Waals surface area contributed by atoms with E-state index in [4.69, 9.17) is 9.47 Å². The summed E-state index contributed by atoms with van der Waals surface area (Å²) < 4.78 is 12.1. The third-order valence-electron chi connectivity index (χ3n) is 5.80. The number of ether oxygens (including phenoxy) is 2. The second-order valence-electron chi connectivity index (χ2n) is 9.59. The summed E-state index contributed by atoms with van der Waals surface area (Å²) in [4.78, 5) is 14.2. The van der Waals surface area contributed by atoms with Gasteiger partial charge in [-0.15, -0.1) is 0 Å². The highest BCUT2D eigenvalue weighted by Gasteiger charge is 2.29. The van der Waals surface area contributed by atoms with Crippen molar-refractivity contribution < 1.29 is 14.3 Å². The van der Waals surface area contributed by atoms with Crippen LogP contribution in [0.1, 0.15) is 51.0 Å². The maximum Gasteiger partial charge on any atom is 0.410 e. The molecule has 0 bridgehead atoms. The lowest BCUT2D eigenvalue weighted by Crippen LogP contribution is -2.44. The molecule has 0 spiro atoms. The number of hydrogen-bond acceptors (Lipinski definition) is 5. The molecule has 1 aliphatic heterocycles. The Bertz CT molecular complexity index is 1170. The highest BCUT2D eigenvalue weighted by atomic mass is 16.6. The van der Waals surface area contributed by atoms with Gasteiger partial charge in [-0.25, -0.2) is 4.79 Å². The van der Waals surface area contributed by atoms with Crippen LogP contribution in [0.5, 0.6) is 0 Å². The van der Waals surface area contributed by atoms with E-state index in [0.717, 1.165) is 22.0 Å². The van der Waals surface area contributed by atoms with E-state index < -0.39 is 11.8 Å². The number of likely N-dealkylation sites (tertiary alicyclic amines) is 1. The number of amides is 1. The molecular weight excluding hydrogens is 426 g/mol. The number of carbonyl (C=O) groups is 1. The minimum atomic E-state index is -0.512. The Morgan fingerprint density at radius 2 is 1.74 bits per heavy atom. The molecule has 1 unspecified atom stereocenters. The number of piperidine rings is 1. The van der Waals surface area contributed by atoms with Gasteiger partial charge in [-0.3, -0.25) is 0 Å². The summed E-state index contributed by atoms with van der Waals surface area (Å²) in [5.41, 5.74) is 1.94. The predicted octanol–water partition coefficient (Wildman–Crippen LogP) is 6.24. The summed E-state index contributed by atoms with van der Waals surface area (Å²) in [6.45, 7) is 6.79. The van der Waals surface area contributed by atoms with E-state index in [1.54, 1.807) is 4.90 Å². The van der Waals surface area contributed by atoms with Gasteiger partial charge in [0.05, 0.1) is 17.7 Å². The molecule has 0 radical (unpaired) electrons. The molecule has 1 saturated heterocycles. The molecule has 1 amide bonds. The van der Waals surface area contributed by atoms with Crippen molar-refractivity contribution in [2.24, 2.45) is 0 Å². The number of fused-ring (bicyclic) bond motifs is 1. The second-order valence-corrected chi connectivity index (χ2v) is 9.59. The van der Waals surface area contributed by atoms with Crippen LogP contribution in [-0.2, 0) is 9.47 Å². The molecule has 1 aliphatic rings. The number of carbonyl (C=O) groups excluding carboxylic acids is 1. The van der Waals surface area contributed by atoms with Crippen LogP contribution >= 0.6 is 0 Å². The third kappa shape index (κ3) is 5.86. The minimum absolute atomic E-state index is 0.0376. The zero-order valence-corrected chi connectivity index (χ0v) is 20.0. The molecule has 1 N–H and O–H groups in total. The first-order valence-corrected chi connectivity index (χ1v) is 11.7. The SMILES string of the molecule is CC(C)(C)OC(=O)N1CCC(OC(Nc2ccccc2)c2cc(C#N)cc3ccccc23)CC1. The van der Waals surface area contributed by atoms with Gasteiger partial charge < -0.3 is 19.7 Å². The van der Waals surface area contributed by atoms with Crippen LogP contribution in [0.25, 0.3) is 10.8 Å². The van der Waals surface area contributed by atoms with Crippen molar-refractivity contribution in [1.82, 2.24) is 4.90 Å². The first-order valence-electron chi connectivity index (χ1n) is 11.7. The Hall–Kier alpha value is -3.56. The van der Waals surface area contributed by atoms with E-state index in [2.05, 4.69) is 17.5 Å². The Labute approximate surface area is 201 Å². The number of rotatable bonds is 5. The van der Waals surface area contributed by atoms with Gasteiger partial charge in [0.25, 0.3) is 0 Å². The molecule has 176 valence electrons. The third-order valence-corrected chi connectivity index (χ3v) is 5.80. The van der Waals surface area contributed by atoms with E-state index >= 15 is 0 Å². The summed E-state index contributed by atoms with van der Waals surface area (Å²) in [6, 6.07) is 24.0. The maximum atomic E-state index is 12.4. The molecule has 6 heteroatoms. The average Bonchev–Trinajstić information content (AvgIpc) is 2.83. The summed E-state index contributed by atoms with van der Waals surface area (Å²) in [6.07, 6.45) is 0.658. The van der Waals surface area contributed by atoms with Gasteiger partial charge in [-0.05, 0) is 68.7 Å². The van der Waals surface area contributed by atoms with Gasteiger partial charge in [-0.2, -0.15) is 5.26 Å². The normalized spacial score (nSPS) is 15.5. The Kier molecular flexibility index (Phi) is 7.04. The van der Waals surface area contributed by atoms with Gasteiger partial charge in [0.15, 0.2) is 6.23 Å². The van der Waals surface area contributed by atoms with Crippen molar-refractivity contribution >= 4 is 22.6 Å². The Balaban J connectivity index is 1.56. The van der Waals surface area contributed by atoms with Crippen molar-refractivity contribution in [2.45, 2.75) is 51.5 Å². The molecule has 6 nitrogen and oxygen atoms in total. The van der Waals surface area contributed by atoms with Crippen LogP contribution in [0.15, 0.2) is 66.7 Å².